The number of anilines is 1. The number of nitrogens with zero attached hydrogens (tertiary/aromatic N) is 1. The molecule has 2 fully saturated rings. The molecule has 0 amide bonds. The van der Waals surface area contributed by atoms with Crippen molar-refractivity contribution in [2.45, 2.75) is 48.7 Å². The van der Waals surface area contributed by atoms with Crippen molar-refractivity contribution < 1.29 is 8.42 Å². The molecule has 2 N–H and O–H groups in total. The summed E-state index contributed by atoms with van der Waals surface area (Å²) in [5.41, 5.74) is 0.709. The molecule has 3 rings (SSSR count). The van der Waals surface area contributed by atoms with Gasteiger partial charge in [0.25, 0.3) is 0 Å². The predicted molar refractivity (Wildman–Crippen MR) is 83.9 cm³/mol. The zero-order valence-corrected chi connectivity index (χ0v) is 13.4. The highest BCUT2D eigenvalue weighted by molar-refractivity contribution is 7.89. The summed E-state index contributed by atoms with van der Waals surface area (Å²) in [5.74, 6) is 0. The van der Waals surface area contributed by atoms with Crippen LogP contribution in [-0.4, -0.2) is 45.5 Å². The van der Waals surface area contributed by atoms with Crippen LogP contribution in [0.1, 0.15) is 25.7 Å². The molecule has 2 saturated heterocycles. The van der Waals surface area contributed by atoms with Crippen molar-refractivity contribution in [2.24, 2.45) is 0 Å². The van der Waals surface area contributed by atoms with E-state index < -0.39 is 10.0 Å². The van der Waals surface area contributed by atoms with Crippen LogP contribution >= 0.6 is 0 Å². The van der Waals surface area contributed by atoms with Crippen molar-refractivity contribution in [1.82, 2.24) is 9.62 Å². The predicted octanol–water partition coefficient (Wildman–Crippen LogP) is 1.63. The van der Waals surface area contributed by atoms with Crippen LogP contribution < -0.4 is 10.0 Å². The molecule has 6 heteroatoms. The first-order chi connectivity index (χ1) is 10.0. The first-order valence-corrected chi connectivity index (χ1v) is 9.00. The van der Waals surface area contributed by atoms with Gasteiger partial charge in [-0.05, 0) is 51.9 Å². The molecule has 0 aliphatic carbocycles. The largest absolute Gasteiger partial charge is 0.381 e. The Morgan fingerprint density at radius 1 is 1.14 bits per heavy atom. The van der Waals surface area contributed by atoms with E-state index in [0.29, 0.717) is 28.7 Å². The Morgan fingerprint density at radius 3 is 2.38 bits per heavy atom. The van der Waals surface area contributed by atoms with Gasteiger partial charge >= 0.3 is 0 Å². The number of nitrogens with one attached hydrogen (secondary N) is 2. The summed E-state index contributed by atoms with van der Waals surface area (Å²) >= 11 is 0. The average Bonchev–Trinajstić information content (AvgIpc) is 2.70. The number of benzene rings is 1. The molecular weight excluding hydrogens is 286 g/mol. The van der Waals surface area contributed by atoms with Crippen LogP contribution in [0.3, 0.4) is 0 Å². The van der Waals surface area contributed by atoms with Crippen molar-refractivity contribution >= 4 is 15.7 Å². The Hall–Kier alpha value is -1.11. The first-order valence-electron chi connectivity index (χ1n) is 7.52. The van der Waals surface area contributed by atoms with Gasteiger partial charge in [-0.1, -0.05) is 12.1 Å². The summed E-state index contributed by atoms with van der Waals surface area (Å²) in [6.45, 7) is 0. The van der Waals surface area contributed by atoms with Crippen LogP contribution in [-0.2, 0) is 10.0 Å². The van der Waals surface area contributed by atoms with Crippen LogP contribution in [0.25, 0.3) is 0 Å². The van der Waals surface area contributed by atoms with E-state index in [1.54, 1.807) is 12.1 Å². The lowest BCUT2D eigenvalue weighted by molar-refractivity contribution is 0.169. The van der Waals surface area contributed by atoms with Gasteiger partial charge in [0.1, 0.15) is 4.90 Å². The van der Waals surface area contributed by atoms with E-state index in [1.165, 1.54) is 19.9 Å². The molecule has 2 aliphatic heterocycles. The summed E-state index contributed by atoms with van der Waals surface area (Å²) in [4.78, 5) is 2.81. The Bertz CT molecular complexity index is 603. The maximum atomic E-state index is 12.1. The van der Waals surface area contributed by atoms with E-state index in [4.69, 9.17) is 0 Å². The summed E-state index contributed by atoms with van der Waals surface area (Å²) in [6, 6.07) is 8.76. The molecule has 21 heavy (non-hydrogen) atoms. The fourth-order valence-corrected chi connectivity index (χ4v) is 4.57. The Labute approximate surface area is 126 Å². The number of fused-ring (bicyclic) bond motifs is 2. The maximum absolute atomic E-state index is 12.1. The zero-order valence-electron chi connectivity index (χ0n) is 12.5. The van der Waals surface area contributed by atoms with Gasteiger partial charge in [0, 0.05) is 18.1 Å². The lowest BCUT2D eigenvalue weighted by Crippen LogP contribution is -2.44. The number of hydrogen-bond acceptors (Lipinski definition) is 4. The van der Waals surface area contributed by atoms with Gasteiger partial charge in [-0.15, -0.1) is 0 Å². The zero-order chi connectivity index (χ0) is 15.0. The third-order valence-electron chi connectivity index (χ3n) is 4.90. The SMILES string of the molecule is CNS(=O)(=O)c1ccccc1NC1CC2CCC(C1)N2C. The van der Waals surface area contributed by atoms with Crippen LogP contribution in [0.5, 0.6) is 0 Å². The number of para-hydroxylation sites is 1. The second kappa shape index (κ2) is 5.59. The van der Waals surface area contributed by atoms with Gasteiger partial charge in [0.15, 0.2) is 0 Å². The van der Waals surface area contributed by atoms with E-state index in [9.17, 15) is 8.42 Å². The quantitative estimate of drug-likeness (QED) is 0.887. The maximum Gasteiger partial charge on any atom is 0.242 e. The first kappa shape index (κ1) is 14.8. The fraction of sp³-hybridized carbons (Fsp3) is 0.600. The Kier molecular flexibility index (Phi) is 3.94. The second-order valence-corrected chi connectivity index (χ2v) is 7.92. The molecule has 0 radical (unpaired) electrons. The highest BCUT2D eigenvalue weighted by Crippen LogP contribution is 2.36. The number of piperidine rings is 1. The molecule has 1 aromatic carbocycles. The topological polar surface area (TPSA) is 61.4 Å². The summed E-state index contributed by atoms with van der Waals surface area (Å²) in [5, 5.41) is 3.47. The molecule has 2 aliphatic rings. The van der Waals surface area contributed by atoms with Crippen LogP contribution in [0.15, 0.2) is 29.2 Å². The van der Waals surface area contributed by atoms with E-state index in [-0.39, 0.29) is 0 Å². The average molecular weight is 309 g/mol. The third-order valence-corrected chi connectivity index (χ3v) is 6.38. The van der Waals surface area contributed by atoms with Crippen LogP contribution in [0.2, 0.25) is 0 Å². The van der Waals surface area contributed by atoms with Crippen LogP contribution in [0, 0.1) is 0 Å². The monoisotopic (exact) mass is 309 g/mol. The van der Waals surface area contributed by atoms with E-state index in [0.717, 1.165) is 12.8 Å². The van der Waals surface area contributed by atoms with E-state index in [1.807, 2.05) is 12.1 Å². The standard InChI is InChI=1S/C15H23N3O2S/c1-16-21(19,20)15-6-4-3-5-14(15)17-11-9-12-7-8-13(10-11)18(12)2/h3-6,11-13,16-17H,7-10H2,1-2H3. The van der Waals surface area contributed by atoms with Gasteiger partial charge < -0.3 is 10.2 Å². The minimum atomic E-state index is -3.42. The molecule has 2 heterocycles. The molecule has 0 saturated carbocycles. The molecule has 116 valence electrons. The van der Waals surface area contributed by atoms with Gasteiger partial charge in [0.05, 0.1) is 5.69 Å². The normalized spacial score (nSPS) is 29.5. The highest BCUT2D eigenvalue weighted by Gasteiger charge is 2.38. The van der Waals surface area contributed by atoms with Crippen molar-refractivity contribution in [2.75, 3.05) is 19.4 Å². The lowest BCUT2D eigenvalue weighted by Gasteiger charge is -2.37. The smallest absolute Gasteiger partial charge is 0.242 e. The van der Waals surface area contributed by atoms with Gasteiger partial charge in [-0.2, -0.15) is 0 Å². The van der Waals surface area contributed by atoms with Gasteiger partial charge in [-0.3, -0.25) is 0 Å². The number of rotatable bonds is 4. The summed E-state index contributed by atoms with van der Waals surface area (Å²) < 4.78 is 26.6. The molecule has 2 bridgehead atoms. The van der Waals surface area contributed by atoms with Crippen LogP contribution in [0.4, 0.5) is 5.69 Å². The van der Waals surface area contributed by atoms with E-state index >= 15 is 0 Å². The fourth-order valence-electron chi connectivity index (χ4n) is 3.68. The Morgan fingerprint density at radius 2 is 1.76 bits per heavy atom. The second-order valence-electron chi connectivity index (χ2n) is 6.07. The van der Waals surface area contributed by atoms with Gasteiger partial charge in [0.2, 0.25) is 10.0 Å². The van der Waals surface area contributed by atoms with Crippen molar-refractivity contribution in [3.63, 3.8) is 0 Å². The molecule has 0 spiro atoms. The Balaban J connectivity index is 1.80. The van der Waals surface area contributed by atoms with Gasteiger partial charge in [-0.25, -0.2) is 13.1 Å². The lowest BCUT2D eigenvalue weighted by atomic mass is 9.98. The molecule has 2 atom stereocenters. The minimum Gasteiger partial charge on any atom is -0.381 e. The number of hydrogen-bond donors (Lipinski definition) is 2. The molecule has 2 unspecified atom stereocenters. The molecular formula is C15H23N3O2S. The molecule has 5 nitrogen and oxygen atoms in total. The minimum absolute atomic E-state index is 0.332. The van der Waals surface area contributed by atoms with Crippen molar-refractivity contribution in [3.8, 4) is 0 Å². The van der Waals surface area contributed by atoms with Crippen molar-refractivity contribution in [3.05, 3.63) is 24.3 Å². The molecule has 0 aromatic heterocycles. The summed E-state index contributed by atoms with van der Waals surface area (Å²) in [6.07, 6.45) is 4.69. The van der Waals surface area contributed by atoms with Crippen molar-refractivity contribution in [1.29, 1.82) is 0 Å². The van der Waals surface area contributed by atoms with E-state index in [2.05, 4.69) is 22.0 Å². The third kappa shape index (κ3) is 2.80. The highest BCUT2D eigenvalue weighted by atomic mass is 32.2. The number of sulfonamides is 1. The molecule has 1 aromatic rings. The summed E-state index contributed by atoms with van der Waals surface area (Å²) in [7, 11) is 0.228.